The number of urea groups is 1. The highest BCUT2D eigenvalue weighted by molar-refractivity contribution is 7.90. The number of aliphatic carboxylic acids is 1. The van der Waals surface area contributed by atoms with Crippen molar-refractivity contribution in [3.05, 3.63) is 0 Å². The fourth-order valence-corrected chi connectivity index (χ4v) is 1.63. The van der Waals surface area contributed by atoms with E-state index in [0.29, 0.717) is 0 Å². The van der Waals surface area contributed by atoms with Gasteiger partial charge in [0.25, 0.3) is 6.43 Å². The van der Waals surface area contributed by atoms with Gasteiger partial charge in [0.2, 0.25) is 0 Å². The Morgan fingerprint density at radius 2 is 1.89 bits per heavy atom. The van der Waals surface area contributed by atoms with Crippen LogP contribution < -0.4 is 10.6 Å². The first-order valence-electron chi connectivity index (χ1n) is 4.85. The molecule has 0 aliphatic rings. The van der Waals surface area contributed by atoms with Crippen molar-refractivity contribution in [2.45, 2.75) is 18.9 Å². The standard InChI is InChI=1S/C8H14F2N2O5S/c1-18(16,17)3-2-5(7(13)14)12-8(15)11-4-6(9)10/h5-6H,2-4H2,1H3,(H,13,14)(H2,11,12,15). The lowest BCUT2D eigenvalue weighted by atomic mass is 10.2. The van der Waals surface area contributed by atoms with E-state index in [0.717, 1.165) is 6.26 Å². The molecule has 0 aromatic rings. The minimum absolute atomic E-state index is 0.337. The molecule has 106 valence electrons. The predicted octanol–water partition coefficient (Wildman–Crippen LogP) is -0.561. The van der Waals surface area contributed by atoms with Crippen LogP contribution in [-0.4, -0.2) is 56.5 Å². The average molecular weight is 288 g/mol. The molecule has 0 fully saturated rings. The molecule has 18 heavy (non-hydrogen) atoms. The van der Waals surface area contributed by atoms with Crippen LogP contribution in [0.5, 0.6) is 0 Å². The van der Waals surface area contributed by atoms with Gasteiger partial charge < -0.3 is 15.7 Å². The van der Waals surface area contributed by atoms with Crippen molar-refractivity contribution in [1.82, 2.24) is 10.6 Å². The molecule has 0 heterocycles. The van der Waals surface area contributed by atoms with Gasteiger partial charge in [0.1, 0.15) is 15.9 Å². The predicted molar refractivity (Wildman–Crippen MR) is 58.3 cm³/mol. The summed E-state index contributed by atoms with van der Waals surface area (Å²) in [4.78, 5) is 21.7. The highest BCUT2D eigenvalue weighted by atomic mass is 32.2. The van der Waals surface area contributed by atoms with Gasteiger partial charge in [-0.2, -0.15) is 0 Å². The van der Waals surface area contributed by atoms with E-state index in [1.54, 1.807) is 5.32 Å². The highest BCUT2D eigenvalue weighted by Gasteiger charge is 2.21. The molecule has 0 rings (SSSR count). The Bertz CT molecular complexity index is 398. The van der Waals surface area contributed by atoms with Gasteiger partial charge in [0, 0.05) is 6.26 Å². The Hall–Kier alpha value is -1.45. The summed E-state index contributed by atoms with van der Waals surface area (Å²) in [7, 11) is -3.37. The molecule has 3 N–H and O–H groups in total. The van der Waals surface area contributed by atoms with E-state index in [2.05, 4.69) is 0 Å². The summed E-state index contributed by atoms with van der Waals surface area (Å²) in [6.07, 6.45) is -2.17. The van der Waals surface area contributed by atoms with Gasteiger partial charge in [-0.05, 0) is 6.42 Å². The molecule has 0 aromatic carbocycles. The first-order valence-corrected chi connectivity index (χ1v) is 6.91. The fourth-order valence-electron chi connectivity index (χ4n) is 0.968. The van der Waals surface area contributed by atoms with Gasteiger partial charge in [-0.3, -0.25) is 0 Å². The number of rotatable bonds is 7. The van der Waals surface area contributed by atoms with Crippen LogP contribution >= 0.6 is 0 Å². The van der Waals surface area contributed by atoms with E-state index < -0.39 is 46.6 Å². The average Bonchev–Trinajstić information content (AvgIpc) is 2.19. The molecule has 0 aliphatic heterocycles. The number of carboxylic acids is 1. The summed E-state index contributed by atoms with van der Waals surface area (Å²) in [6, 6.07) is -2.53. The SMILES string of the molecule is CS(=O)(=O)CCC(NC(=O)NCC(F)F)C(=O)O. The number of carbonyl (C=O) groups excluding carboxylic acids is 1. The summed E-state index contributed by atoms with van der Waals surface area (Å²) in [5, 5.41) is 12.4. The van der Waals surface area contributed by atoms with E-state index in [-0.39, 0.29) is 6.42 Å². The first kappa shape index (κ1) is 16.6. The number of nitrogens with one attached hydrogen (secondary N) is 2. The van der Waals surface area contributed by atoms with Crippen LogP contribution in [0.4, 0.5) is 13.6 Å². The largest absolute Gasteiger partial charge is 0.480 e. The normalized spacial score (nSPS) is 13.1. The van der Waals surface area contributed by atoms with E-state index in [1.807, 2.05) is 5.32 Å². The maximum atomic E-state index is 11.8. The molecule has 0 bridgehead atoms. The van der Waals surface area contributed by atoms with Crippen molar-refractivity contribution in [3.63, 3.8) is 0 Å². The second kappa shape index (κ2) is 7.09. The second-order valence-electron chi connectivity index (χ2n) is 3.55. The molecule has 0 radical (unpaired) electrons. The summed E-state index contributed by atoms with van der Waals surface area (Å²) >= 11 is 0. The molecule has 0 aliphatic carbocycles. The van der Waals surface area contributed by atoms with Crippen molar-refractivity contribution >= 4 is 21.8 Å². The van der Waals surface area contributed by atoms with Gasteiger partial charge >= 0.3 is 12.0 Å². The zero-order chi connectivity index (χ0) is 14.3. The maximum absolute atomic E-state index is 11.8. The van der Waals surface area contributed by atoms with Gasteiger partial charge in [-0.25, -0.2) is 26.8 Å². The maximum Gasteiger partial charge on any atom is 0.326 e. The van der Waals surface area contributed by atoms with Crippen LogP contribution in [0.1, 0.15) is 6.42 Å². The highest BCUT2D eigenvalue weighted by Crippen LogP contribution is 1.97. The molecule has 0 spiro atoms. The number of hydrogen-bond acceptors (Lipinski definition) is 4. The Morgan fingerprint density at radius 3 is 2.28 bits per heavy atom. The minimum atomic E-state index is -3.37. The Morgan fingerprint density at radius 1 is 1.33 bits per heavy atom. The lowest BCUT2D eigenvalue weighted by molar-refractivity contribution is -0.139. The third kappa shape index (κ3) is 8.67. The molecule has 1 unspecified atom stereocenters. The van der Waals surface area contributed by atoms with E-state index in [1.165, 1.54) is 0 Å². The number of halogens is 2. The van der Waals surface area contributed by atoms with Crippen molar-refractivity contribution in [3.8, 4) is 0 Å². The van der Waals surface area contributed by atoms with Crippen LogP contribution in [0.3, 0.4) is 0 Å². The quantitative estimate of drug-likeness (QED) is 0.581. The Labute approximate surface area is 102 Å². The molecule has 1 atom stereocenters. The first-order chi connectivity index (χ1) is 8.11. The zero-order valence-electron chi connectivity index (χ0n) is 9.52. The van der Waals surface area contributed by atoms with Gasteiger partial charge in [0.05, 0.1) is 12.3 Å². The van der Waals surface area contributed by atoms with Crippen LogP contribution in [-0.2, 0) is 14.6 Å². The summed E-state index contributed by atoms with van der Waals surface area (Å²) < 4.78 is 45.2. The number of carbonyl (C=O) groups is 2. The van der Waals surface area contributed by atoms with Gasteiger partial charge in [-0.1, -0.05) is 0 Å². The molecule has 0 aromatic heterocycles. The van der Waals surface area contributed by atoms with E-state index in [4.69, 9.17) is 5.11 Å². The van der Waals surface area contributed by atoms with Gasteiger partial charge in [-0.15, -0.1) is 0 Å². The summed E-state index contributed by atoms with van der Waals surface area (Å²) in [5.74, 6) is -1.87. The summed E-state index contributed by atoms with van der Waals surface area (Å²) in [6.45, 7) is -0.912. The Kier molecular flexibility index (Phi) is 6.52. The second-order valence-corrected chi connectivity index (χ2v) is 5.81. The monoisotopic (exact) mass is 288 g/mol. The van der Waals surface area contributed by atoms with Crippen LogP contribution in [0.25, 0.3) is 0 Å². The zero-order valence-corrected chi connectivity index (χ0v) is 10.3. The number of sulfone groups is 1. The number of carboxylic acid groups (broad SMARTS) is 1. The van der Waals surface area contributed by atoms with Crippen molar-refractivity contribution < 1.29 is 31.9 Å². The van der Waals surface area contributed by atoms with Gasteiger partial charge in [0.15, 0.2) is 0 Å². The molecule has 2 amide bonds. The number of amides is 2. The van der Waals surface area contributed by atoms with Crippen LogP contribution in [0.2, 0.25) is 0 Å². The number of hydrogen-bond donors (Lipinski definition) is 3. The molecular weight excluding hydrogens is 274 g/mol. The molecular formula is C8H14F2N2O5S. The lowest BCUT2D eigenvalue weighted by Gasteiger charge is -2.14. The minimum Gasteiger partial charge on any atom is -0.480 e. The van der Waals surface area contributed by atoms with Crippen LogP contribution in [0, 0.1) is 0 Å². The van der Waals surface area contributed by atoms with E-state index >= 15 is 0 Å². The fraction of sp³-hybridized carbons (Fsp3) is 0.750. The third-order valence-corrected chi connectivity index (χ3v) is 2.77. The Balaban J connectivity index is 4.28. The van der Waals surface area contributed by atoms with Crippen molar-refractivity contribution in [2.24, 2.45) is 0 Å². The van der Waals surface area contributed by atoms with Crippen LogP contribution in [0.15, 0.2) is 0 Å². The molecule has 0 saturated heterocycles. The molecule has 10 heteroatoms. The topological polar surface area (TPSA) is 113 Å². The molecule has 0 saturated carbocycles. The van der Waals surface area contributed by atoms with Crippen molar-refractivity contribution in [2.75, 3.05) is 18.6 Å². The summed E-state index contributed by atoms with van der Waals surface area (Å²) in [5.41, 5.74) is 0. The van der Waals surface area contributed by atoms with E-state index in [9.17, 15) is 26.8 Å². The molecule has 7 nitrogen and oxygen atoms in total. The lowest BCUT2D eigenvalue weighted by Crippen LogP contribution is -2.47. The third-order valence-electron chi connectivity index (χ3n) is 1.80. The van der Waals surface area contributed by atoms with Crippen molar-refractivity contribution in [1.29, 1.82) is 0 Å². The number of alkyl halides is 2. The smallest absolute Gasteiger partial charge is 0.326 e.